The molecule has 19 heavy (non-hydrogen) atoms. The second-order valence-corrected chi connectivity index (χ2v) is 5.29. The van der Waals surface area contributed by atoms with Gasteiger partial charge in [0.2, 0.25) is 5.89 Å². The van der Waals surface area contributed by atoms with Gasteiger partial charge in [0, 0.05) is 18.4 Å². The third kappa shape index (κ3) is 3.02. The van der Waals surface area contributed by atoms with Crippen LogP contribution in [0.5, 0.6) is 0 Å². The van der Waals surface area contributed by atoms with Crippen LogP contribution in [0.4, 0.5) is 5.82 Å². The van der Waals surface area contributed by atoms with Crippen molar-refractivity contribution < 1.29 is 4.42 Å². The summed E-state index contributed by atoms with van der Waals surface area (Å²) in [4.78, 5) is 8.88. The van der Waals surface area contributed by atoms with Crippen molar-refractivity contribution in [2.24, 2.45) is 5.84 Å². The van der Waals surface area contributed by atoms with Crippen LogP contribution in [0.15, 0.2) is 14.7 Å². The van der Waals surface area contributed by atoms with E-state index >= 15 is 0 Å². The zero-order valence-corrected chi connectivity index (χ0v) is 12.1. The molecule has 0 amide bonds. The van der Waals surface area contributed by atoms with Gasteiger partial charge < -0.3 is 9.84 Å². The molecule has 2 heterocycles. The Morgan fingerprint density at radius 3 is 2.47 bits per heavy atom. The van der Waals surface area contributed by atoms with Gasteiger partial charge in [0.15, 0.2) is 0 Å². The van der Waals surface area contributed by atoms with Gasteiger partial charge in [-0.05, 0) is 18.7 Å². The molecule has 7 nitrogen and oxygen atoms in total. The van der Waals surface area contributed by atoms with Crippen molar-refractivity contribution in [3.8, 4) is 0 Å². The predicted octanol–water partition coefficient (Wildman–Crippen LogP) is 2.04. The van der Waals surface area contributed by atoms with Gasteiger partial charge in [-0.1, -0.05) is 13.8 Å². The lowest BCUT2D eigenvalue weighted by Gasteiger charge is -2.12. The summed E-state index contributed by atoms with van der Waals surface area (Å²) >= 11 is 1.31. The highest BCUT2D eigenvalue weighted by Crippen LogP contribution is 2.31. The first kappa shape index (κ1) is 13.8. The van der Waals surface area contributed by atoms with E-state index < -0.39 is 0 Å². The number of rotatable bonds is 4. The average Bonchev–Trinajstić information content (AvgIpc) is 2.77. The Labute approximate surface area is 115 Å². The smallest absolute Gasteiger partial charge is 0.282 e. The molecule has 0 saturated carbocycles. The minimum Gasteiger partial charge on any atom is -0.416 e. The number of anilines is 1. The third-order valence-corrected chi connectivity index (χ3v) is 3.39. The van der Waals surface area contributed by atoms with Gasteiger partial charge in [-0.3, -0.25) is 0 Å². The molecule has 0 unspecified atom stereocenters. The van der Waals surface area contributed by atoms with Crippen LogP contribution in [0.1, 0.15) is 37.0 Å². The maximum absolute atomic E-state index is 5.49. The lowest BCUT2D eigenvalue weighted by molar-refractivity contribution is 0.429. The highest BCUT2D eigenvalue weighted by molar-refractivity contribution is 7.99. The Morgan fingerprint density at radius 1 is 1.21 bits per heavy atom. The number of hydrazine groups is 1. The van der Waals surface area contributed by atoms with E-state index in [2.05, 4.69) is 25.6 Å². The highest BCUT2D eigenvalue weighted by atomic mass is 32.2. The molecule has 2 aromatic heterocycles. The lowest BCUT2D eigenvalue weighted by atomic mass is 10.2. The largest absolute Gasteiger partial charge is 0.416 e. The maximum atomic E-state index is 5.49. The Kier molecular flexibility index (Phi) is 4.01. The molecule has 2 rings (SSSR count). The Bertz CT molecular complexity index is 583. The van der Waals surface area contributed by atoms with Crippen LogP contribution in [-0.2, 0) is 0 Å². The number of aryl methyl sites for hydroxylation is 1. The molecular weight excluding hydrogens is 264 g/mol. The molecule has 0 saturated heterocycles. The summed E-state index contributed by atoms with van der Waals surface area (Å²) in [7, 11) is 0. The first-order valence-electron chi connectivity index (χ1n) is 5.84. The van der Waals surface area contributed by atoms with Crippen LogP contribution in [0.25, 0.3) is 0 Å². The lowest BCUT2D eigenvalue weighted by Crippen LogP contribution is -2.13. The van der Waals surface area contributed by atoms with Gasteiger partial charge in [-0.15, -0.1) is 10.2 Å². The van der Waals surface area contributed by atoms with Crippen LogP contribution < -0.4 is 11.3 Å². The number of hydrogen-bond acceptors (Lipinski definition) is 8. The first-order chi connectivity index (χ1) is 9.01. The number of nitrogens with zero attached hydrogens (tertiary/aromatic N) is 4. The van der Waals surface area contributed by atoms with E-state index in [0.717, 1.165) is 16.4 Å². The van der Waals surface area contributed by atoms with Crippen LogP contribution in [0, 0.1) is 13.8 Å². The fourth-order valence-electron chi connectivity index (χ4n) is 1.41. The quantitative estimate of drug-likeness (QED) is 0.498. The van der Waals surface area contributed by atoms with Crippen LogP contribution >= 0.6 is 11.8 Å². The zero-order chi connectivity index (χ0) is 14.0. The van der Waals surface area contributed by atoms with Gasteiger partial charge >= 0.3 is 0 Å². The van der Waals surface area contributed by atoms with Crippen molar-refractivity contribution in [2.75, 3.05) is 5.43 Å². The second kappa shape index (κ2) is 5.54. The van der Waals surface area contributed by atoms with E-state index in [4.69, 9.17) is 10.3 Å². The summed E-state index contributed by atoms with van der Waals surface area (Å²) in [5, 5.41) is 8.95. The summed E-state index contributed by atoms with van der Waals surface area (Å²) in [5.41, 5.74) is 3.45. The van der Waals surface area contributed by atoms with Gasteiger partial charge in [0.25, 0.3) is 5.22 Å². The summed E-state index contributed by atoms with van der Waals surface area (Å²) in [6.45, 7) is 7.69. The molecule has 0 aliphatic rings. The molecule has 0 atom stereocenters. The monoisotopic (exact) mass is 280 g/mol. The van der Waals surface area contributed by atoms with E-state index in [9.17, 15) is 0 Å². The van der Waals surface area contributed by atoms with Gasteiger partial charge in [-0.2, -0.15) is 0 Å². The molecule has 0 fully saturated rings. The fourth-order valence-corrected chi connectivity index (χ4v) is 2.21. The standard InChI is InChI=1S/C11H16N6OS/c1-5(2)8-13-9(15-12)6(3)10(14-8)19-11-17-16-7(4)18-11/h5H,12H2,1-4H3,(H,13,14,15). The van der Waals surface area contributed by atoms with Gasteiger partial charge in [0.05, 0.1) is 0 Å². The van der Waals surface area contributed by atoms with E-state index in [1.54, 1.807) is 6.92 Å². The third-order valence-electron chi connectivity index (χ3n) is 2.46. The van der Waals surface area contributed by atoms with Gasteiger partial charge in [0.1, 0.15) is 16.7 Å². The summed E-state index contributed by atoms with van der Waals surface area (Å²) in [6.07, 6.45) is 0. The first-order valence-corrected chi connectivity index (χ1v) is 6.66. The molecule has 0 aliphatic heterocycles. The van der Waals surface area contributed by atoms with Crippen molar-refractivity contribution in [1.29, 1.82) is 0 Å². The normalized spacial score (nSPS) is 11.1. The molecule has 0 spiro atoms. The average molecular weight is 280 g/mol. The van der Waals surface area contributed by atoms with Crippen LogP contribution in [0.3, 0.4) is 0 Å². The van der Waals surface area contributed by atoms with Crippen molar-refractivity contribution in [3.63, 3.8) is 0 Å². The summed E-state index contributed by atoms with van der Waals surface area (Å²) < 4.78 is 5.34. The minimum atomic E-state index is 0.205. The molecule has 0 bridgehead atoms. The van der Waals surface area contributed by atoms with Crippen LogP contribution in [0.2, 0.25) is 0 Å². The Morgan fingerprint density at radius 2 is 1.95 bits per heavy atom. The van der Waals surface area contributed by atoms with Gasteiger partial charge in [-0.25, -0.2) is 15.8 Å². The molecule has 3 N–H and O–H groups in total. The number of aromatic nitrogens is 4. The van der Waals surface area contributed by atoms with Crippen molar-refractivity contribution in [1.82, 2.24) is 20.2 Å². The van der Waals surface area contributed by atoms with E-state index in [-0.39, 0.29) is 5.92 Å². The molecule has 2 aromatic rings. The van der Waals surface area contributed by atoms with Crippen LogP contribution in [-0.4, -0.2) is 20.2 Å². The molecule has 0 aliphatic carbocycles. The topological polar surface area (TPSA) is 103 Å². The van der Waals surface area contributed by atoms with E-state index in [1.807, 2.05) is 20.8 Å². The molecular formula is C11H16N6OS. The fraction of sp³-hybridized carbons (Fsp3) is 0.455. The van der Waals surface area contributed by atoms with E-state index in [1.165, 1.54) is 11.8 Å². The molecule has 102 valence electrons. The predicted molar refractivity (Wildman–Crippen MR) is 71.8 cm³/mol. The number of hydrogen-bond donors (Lipinski definition) is 2. The second-order valence-electron chi connectivity index (χ2n) is 4.35. The number of nitrogens with two attached hydrogens (primary N) is 1. The van der Waals surface area contributed by atoms with E-state index in [0.29, 0.717) is 16.9 Å². The Balaban J connectivity index is 2.40. The number of nitrogen functional groups attached to an aromatic ring is 1. The zero-order valence-electron chi connectivity index (χ0n) is 11.3. The summed E-state index contributed by atoms with van der Waals surface area (Å²) in [6, 6.07) is 0. The summed E-state index contributed by atoms with van der Waals surface area (Å²) in [5.74, 6) is 7.54. The van der Waals surface area contributed by atoms with Crippen molar-refractivity contribution >= 4 is 17.6 Å². The molecule has 0 radical (unpaired) electrons. The Hall–Kier alpha value is -1.67. The maximum Gasteiger partial charge on any atom is 0.282 e. The molecule has 8 heteroatoms. The minimum absolute atomic E-state index is 0.205. The molecule has 0 aromatic carbocycles. The van der Waals surface area contributed by atoms with Crippen molar-refractivity contribution in [2.45, 2.75) is 43.9 Å². The number of nitrogens with one attached hydrogen (secondary N) is 1. The SMILES string of the molecule is Cc1nnc(Sc2nc(C(C)C)nc(NN)c2C)o1. The highest BCUT2D eigenvalue weighted by Gasteiger charge is 2.16. The van der Waals surface area contributed by atoms with Crippen molar-refractivity contribution in [3.05, 3.63) is 17.3 Å².